The molecule has 0 aliphatic carbocycles. The van der Waals surface area contributed by atoms with Gasteiger partial charge >= 0.3 is 0 Å². The standard InChI is InChI=1S/2C29H18N2S.2C23H14N2S/c1-2-9-25-24(7-1)27-26(15-12-21-16-18-32-29(21)27)31(25)22-13-10-19(11-14-22)23-8-3-5-20-6-4-17-30-28(20)23;1-2-7-22-18-30-25(17-20(22)6-1)21-8-5-9-23(16-21)31-26-11-4-3-10-24(26)28-27(31)13-12-19-14-15-32-29(19)28;1-2-8-20-17(5-1)22-21(11-10-15-12-14-26-23(15)22)25(20)19-9-3-7-18-16(19)6-4-13-24-18;1-2-6-17-14-24-21(13-16(17)5-1)25-19-8-4-3-7-18(19)22-20(25)10-9-15-11-12-26-23(15)22/h2*1-18H;2*1-14H. The van der Waals surface area contributed by atoms with Gasteiger partial charge in [0.15, 0.2) is 0 Å². The van der Waals surface area contributed by atoms with Crippen molar-refractivity contribution in [3.8, 4) is 45.3 Å². The minimum atomic E-state index is 0.964. The van der Waals surface area contributed by atoms with Gasteiger partial charge in [-0.25, -0.2) is 4.98 Å². The summed E-state index contributed by atoms with van der Waals surface area (Å²) < 4.78 is 14.8. The van der Waals surface area contributed by atoms with Crippen LogP contribution in [0.1, 0.15) is 0 Å². The van der Waals surface area contributed by atoms with E-state index >= 15 is 0 Å². The van der Waals surface area contributed by atoms with E-state index in [9.17, 15) is 0 Å². The Bertz CT molecular complexity index is 8380. The van der Waals surface area contributed by atoms with Gasteiger partial charge in [-0.05, 0) is 199 Å². The van der Waals surface area contributed by atoms with E-state index in [0.29, 0.717) is 0 Å². The first kappa shape index (κ1) is 67.5. The first-order valence-electron chi connectivity index (χ1n) is 38.7. The molecule has 12 aromatic heterocycles. The Kier molecular flexibility index (Phi) is 16.2. The number of hydrogen-bond donors (Lipinski definition) is 0. The molecular weight excluding hydrogens is 1490 g/mol. The molecule has 544 valence electrons. The fourth-order valence-electron chi connectivity index (χ4n) is 17.6. The third kappa shape index (κ3) is 11.1. The Labute approximate surface area is 680 Å². The Balaban J connectivity index is 0.0000000916. The predicted octanol–water partition coefficient (Wildman–Crippen LogP) is 29.5. The molecule has 0 unspecified atom stereocenters. The largest absolute Gasteiger partial charge is 0.309 e. The van der Waals surface area contributed by atoms with Crippen molar-refractivity contribution < 1.29 is 0 Å². The smallest absolute Gasteiger partial charge is 0.138 e. The van der Waals surface area contributed by atoms with Gasteiger partial charge in [-0.15, -0.1) is 45.3 Å². The highest BCUT2D eigenvalue weighted by molar-refractivity contribution is 7.19. The van der Waals surface area contributed by atoms with Crippen LogP contribution in [0, 0.1) is 0 Å². The van der Waals surface area contributed by atoms with Crippen molar-refractivity contribution in [3.05, 3.63) is 386 Å². The van der Waals surface area contributed by atoms with Gasteiger partial charge < -0.3 is 13.7 Å². The molecular formula is C104H64N8S4. The van der Waals surface area contributed by atoms with Crippen LogP contribution in [0.5, 0.6) is 0 Å². The first-order valence-corrected chi connectivity index (χ1v) is 42.3. The van der Waals surface area contributed by atoms with Gasteiger partial charge in [0.05, 0.1) is 66.5 Å². The average molecular weight is 1550 g/mol. The highest BCUT2D eigenvalue weighted by atomic mass is 32.1. The topological polar surface area (TPSA) is 71.3 Å². The van der Waals surface area contributed by atoms with E-state index in [0.717, 1.165) is 55.5 Å². The Morgan fingerprint density at radius 1 is 0.233 bits per heavy atom. The van der Waals surface area contributed by atoms with Gasteiger partial charge in [0, 0.05) is 131 Å². The fraction of sp³-hybridized carbons (Fsp3) is 0. The van der Waals surface area contributed by atoms with Gasteiger partial charge in [-0.2, -0.15) is 0 Å². The second-order valence-electron chi connectivity index (χ2n) is 29.2. The molecule has 0 atom stereocenters. The summed E-state index contributed by atoms with van der Waals surface area (Å²) in [6.45, 7) is 0. The van der Waals surface area contributed by atoms with Crippen molar-refractivity contribution in [2.24, 2.45) is 0 Å². The van der Waals surface area contributed by atoms with Crippen LogP contribution in [0.25, 0.3) is 216 Å². The van der Waals surface area contributed by atoms with Gasteiger partial charge in [0.25, 0.3) is 0 Å². The van der Waals surface area contributed by atoms with E-state index in [1.807, 2.05) is 82.3 Å². The van der Waals surface area contributed by atoms with Crippen LogP contribution in [-0.2, 0) is 0 Å². The summed E-state index contributed by atoms with van der Waals surface area (Å²) in [7, 11) is 0. The molecule has 12 heteroatoms. The molecule has 0 N–H and O–H groups in total. The number of fused-ring (bicyclic) bond motifs is 24. The molecule has 26 rings (SSSR count). The normalized spacial score (nSPS) is 11.8. The number of rotatable bonds is 6. The highest BCUT2D eigenvalue weighted by Gasteiger charge is 2.22. The molecule has 14 aromatic carbocycles. The quantitative estimate of drug-likeness (QED) is 0.166. The van der Waals surface area contributed by atoms with Crippen LogP contribution in [0.4, 0.5) is 0 Å². The number of benzene rings is 14. The number of para-hydroxylation sites is 5. The zero-order valence-corrected chi connectivity index (χ0v) is 65.4. The maximum Gasteiger partial charge on any atom is 0.138 e. The Morgan fingerprint density at radius 2 is 0.664 bits per heavy atom. The second kappa shape index (κ2) is 27.8. The van der Waals surface area contributed by atoms with Gasteiger partial charge in [0.1, 0.15) is 5.82 Å². The highest BCUT2D eigenvalue weighted by Crippen LogP contribution is 2.45. The maximum absolute atomic E-state index is 4.78. The molecule has 0 fully saturated rings. The van der Waals surface area contributed by atoms with Crippen molar-refractivity contribution in [3.63, 3.8) is 0 Å². The minimum Gasteiger partial charge on any atom is -0.309 e. The van der Waals surface area contributed by atoms with E-state index in [4.69, 9.17) is 9.97 Å². The third-order valence-corrected chi connectivity index (χ3v) is 26.6. The number of nitrogens with zero attached hydrogens (tertiary/aromatic N) is 8. The van der Waals surface area contributed by atoms with E-state index in [1.165, 1.54) is 161 Å². The molecule has 0 saturated carbocycles. The van der Waals surface area contributed by atoms with Crippen molar-refractivity contribution >= 4 is 216 Å². The van der Waals surface area contributed by atoms with Crippen molar-refractivity contribution in [1.82, 2.24) is 38.2 Å². The summed E-state index contributed by atoms with van der Waals surface area (Å²) in [6, 6.07) is 121. The number of thiophene rings is 4. The lowest BCUT2D eigenvalue weighted by atomic mass is 10.0. The van der Waals surface area contributed by atoms with Crippen molar-refractivity contribution in [2.45, 2.75) is 0 Å². The molecule has 0 spiro atoms. The molecule has 0 aliphatic heterocycles. The molecule has 0 bridgehead atoms. The molecule has 116 heavy (non-hydrogen) atoms. The zero-order valence-electron chi connectivity index (χ0n) is 62.2. The minimum absolute atomic E-state index is 0.964. The molecule has 26 aromatic rings. The Morgan fingerprint density at radius 3 is 1.24 bits per heavy atom. The lowest BCUT2D eigenvalue weighted by Crippen LogP contribution is -1.96. The van der Waals surface area contributed by atoms with Crippen LogP contribution < -0.4 is 0 Å². The summed E-state index contributed by atoms with van der Waals surface area (Å²) in [6.07, 6.45) is 7.65. The molecule has 0 radical (unpaired) electrons. The predicted molar refractivity (Wildman–Crippen MR) is 497 cm³/mol. The molecule has 0 amide bonds. The SMILES string of the molecule is c1cc(-c2cc3ccccc3cn2)cc(-n2c3ccccc3c3c4sccc4ccc32)c1.c1cc(-n2c3ccccc3c3c4sccc4ccc32)c2cccnc2c1.c1ccc2cc(-n3c4ccccc4c4c5sccc5ccc43)ncc2c1.c1cnc2c(-c3ccc(-n4c5ccccc5c5c6sccc6ccc54)cc3)cccc2c1. The van der Waals surface area contributed by atoms with E-state index in [1.54, 1.807) is 0 Å². The van der Waals surface area contributed by atoms with Gasteiger partial charge in [-0.3, -0.25) is 19.5 Å². The van der Waals surface area contributed by atoms with Crippen molar-refractivity contribution in [2.75, 3.05) is 0 Å². The van der Waals surface area contributed by atoms with Crippen LogP contribution in [0.2, 0.25) is 0 Å². The molecule has 0 saturated heterocycles. The van der Waals surface area contributed by atoms with Crippen LogP contribution in [0.3, 0.4) is 0 Å². The second-order valence-corrected chi connectivity index (χ2v) is 32.9. The van der Waals surface area contributed by atoms with Gasteiger partial charge in [-0.1, -0.05) is 200 Å². The first-order chi connectivity index (χ1) is 57.6. The zero-order chi connectivity index (χ0) is 76.3. The third-order valence-electron chi connectivity index (χ3n) is 22.8. The lowest BCUT2D eigenvalue weighted by molar-refractivity contribution is 1.09. The van der Waals surface area contributed by atoms with Crippen LogP contribution >= 0.6 is 45.3 Å². The molecule has 0 aliphatic rings. The van der Waals surface area contributed by atoms with Gasteiger partial charge in [0.2, 0.25) is 0 Å². The molecule has 8 nitrogen and oxygen atoms in total. The maximum atomic E-state index is 4.78. The van der Waals surface area contributed by atoms with Crippen molar-refractivity contribution in [1.29, 1.82) is 0 Å². The average Bonchev–Trinajstić information content (AvgIpc) is 1.60. The lowest BCUT2D eigenvalue weighted by Gasteiger charge is -2.11. The number of aromatic nitrogens is 8. The summed E-state index contributed by atoms with van der Waals surface area (Å²) >= 11 is 7.27. The van der Waals surface area contributed by atoms with E-state index in [-0.39, 0.29) is 0 Å². The van der Waals surface area contributed by atoms with Crippen LogP contribution in [0.15, 0.2) is 386 Å². The van der Waals surface area contributed by atoms with Crippen LogP contribution in [-0.4, -0.2) is 38.2 Å². The summed E-state index contributed by atoms with van der Waals surface area (Å²) in [5.74, 6) is 0.964. The summed E-state index contributed by atoms with van der Waals surface area (Å²) in [5.41, 5.74) is 19.9. The van der Waals surface area contributed by atoms with E-state index < -0.39 is 0 Å². The molecule has 12 heterocycles. The Hall–Kier alpha value is -14.2. The van der Waals surface area contributed by atoms with E-state index in [2.05, 4.69) is 377 Å². The fourth-order valence-corrected chi connectivity index (χ4v) is 21.4. The monoisotopic (exact) mass is 1550 g/mol. The number of hydrogen-bond acceptors (Lipinski definition) is 8. The summed E-state index contributed by atoms with van der Waals surface area (Å²) in [4.78, 5) is 18.7. The number of pyridine rings is 4. The summed E-state index contributed by atoms with van der Waals surface area (Å²) in [5, 5.41) is 31.5.